The van der Waals surface area contributed by atoms with Gasteiger partial charge in [0.15, 0.2) is 0 Å². The predicted molar refractivity (Wildman–Crippen MR) is 95.4 cm³/mol. The van der Waals surface area contributed by atoms with Crippen LogP contribution < -0.4 is 0 Å². The van der Waals surface area contributed by atoms with Crippen LogP contribution in [0, 0.1) is 6.92 Å². The molecule has 1 N–H and O–H groups in total. The van der Waals surface area contributed by atoms with Crippen molar-refractivity contribution in [2.24, 2.45) is 0 Å². The number of rotatable bonds is 3. The lowest BCUT2D eigenvalue weighted by Crippen LogP contribution is -2.57. The van der Waals surface area contributed by atoms with Gasteiger partial charge in [-0.25, -0.2) is 0 Å². The van der Waals surface area contributed by atoms with Gasteiger partial charge in [-0.05, 0) is 45.2 Å². The van der Waals surface area contributed by atoms with E-state index in [0.717, 1.165) is 56.7 Å². The highest BCUT2D eigenvalue weighted by Gasteiger charge is 2.37. The number of fused-ring (bicyclic) bond motifs is 1. The molecule has 0 radical (unpaired) electrons. The van der Waals surface area contributed by atoms with E-state index < -0.39 is 0 Å². The maximum atomic E-state index is 13.0. The van der Waals surface area contributed by atoms with Crippen LogP contribution in [0.5, 0.6) is 0 Å². The first kappa shape index (κ1) is 17.0. The molecule has 25 heavy (non-hydrogen) atoms. The standard InChI is InChI=1S/C19H30N4O2/c1-14-11-16(21-20-14)15-5-4-8-22(12-15)13-19(24)23-9-10-25-18-7-3-2-6-17(18)23/h11,15,17-18H,2-10,12-13H2,1H3,(H,20,21). The quantitative estimate of drug-likeness (QED) is 0.910. The van der Waals surface area contributed by atoms with Crippen molar-refractivity contribution in [1.29, 1.82) is 0 Å². The van der Waals surface area contributed by atoms with Crippen molar-refractivity contribution in [2.45, 2.75) is 63.5 Å². The molecule has 3 fully saturated rings. The number of carbonyl (C=O) groups excluding carboxylic acids is 1. The van der Waals surface area contributed by atoms with Crippen molar-refractivity contribution in [1.82, 2.24) is 20.0 Å². The van der Waals surface area contributed by atoms with E-state index >= 15 is 0 Å². The normalized spacial score (nSPS) is 30.9. The average Bonchev–Trinajstić information content (AvgIpc) is 3.08. The molecule has 6 heteroatoms. The molecule has 1 aliphatic carbocycles. The number of aromatic amines is 1. The summed E-state index contributed by atoms with van der Waals surface area (Å²) in [6, 6.07) is 2.45. The molecule has 3 atom stereocenters. The predicted octanol–water partition coefficient (Wildman–Crippen LogP) is 2.07. The number of aromatic nitrogens is 2. The molecule has 0 bridgehead atoms. The van der Waals surface area contributed by atoms with E-state index in [4.69, 9.17) is 4.74 Å². The molecule has 0 spiro atoms. The number of nitrogens with zero attached hydrogens (tertiary/aromatic N) is 3. The SMILES string of the molecule is Cc1cc(C2CCCN(CC(=O)N3CCOC4CCCCC43)C2)n[nH]1. The van der Waals surface area contributed by atoms with Crippen molar-refractivity contribution < 1.29 is 9.53 Å². The first-order chi connectivity index (χ1) is 12.2. The van der Waals surface area contributed by atoms with Crippen LogP contribution in [-0.4, -0.2) is 70.8 Å². The molecule has 138 valence electrons. The van der Waals surface area contributed by atoms with E-state index in [1.54, 1.807) is 0 Å². The zero-order valence-electron chi connectivity index (χ0n) is 15.2. The van der Waals surface area contributed by atoms with Gasteiger partial charge in [0.25, 0.3) is 0 Å². The molecule has 3 heterocycles. The minimum Gasteiger partial charge on any atom is -0.374 e. The van der Waals surface area contributed by atoms with Gasteiger partial charge in [-0.15, -0.1) is 0 Å². The molecule has 3 unspecified atom stereocenters. The van der Waals surface area contributed by atoms with E-state index in [9.17, 15) is 4.79 Å². The fourth-order valence-corrected chi connectivity index (χ4v) is 4.78. The summed E-state index contributed by atoms with van der Waals surface area (Å²) in [6.07, 6.45) is 7.24. The number of hydrogen-bond acceptors (Lipinski definition) is 4. The van der Waals surface area contributed by atoms with E-state index in [1.807, 2.05) is 6.92 Å². The molecule has 1 aromatic heterocycles. The summed E-state index contributed by atoms with van der Waals surface area (Å²) in [6.45, 7) is 6.00. The van der Waals surface area contributed by atoms with Crippen LogP contribution >= 0.6 is 0 Å². The van der Waals surface area contributed by atoms with Gasteiger partial charge in [-0.3, -0.25) is 14.8 Å². The van der Waals surface area contributed by atoms with Crippen molar-refractivity contribution in [3.63, 3.8) is 0 Å². The second-order valence-corrected chi connectivity index (χ2v) is 7.90. The third kappa shape index (κ3) is 3.75. The molecular weight excluding hydrogens is 316 g/mol. The minimum atomic E-state index is 0.271. The fourth-order valence-electron chi connectivity index (χ4n) is 4.78. The maximum Gasteiger partial charge on any atom is 0.237 e. The number of aryl methyl sites for hydroxylation is 1. The Morgan fingerprint density at radius 3 is 3.00 bits per heavy atom. The Balaban J connectivity index is 1.36. The number of H-pyrrole nitrogens is 1. The summed E-state index contributed by atoms with van der Waals surface area (Å²) in [5, 5.41) is 7.48. The van der Waals surface area contributed by atoms with Crippen LogP contribution in [0.3, 0.4) is 0 Å². The third-order valence-electron chi connectivity index (χ3n) is 6.06. The first-order valence-electron chi connectivity index (χ1n) is 9.86. The van der Waals surface area contributed by atoms with Gasteiger partial charge in [0.2, 0.25) is 5.91 Å². The molecular formula is C19H30N4O2. The lowest BCUT2D eigenvalue weighted by Gasteiger charge is -2.44. The number of nitrogens with one attached hydrogen (secondary N) is 1. The zero-order chi connectivity index (χ0) is 17.2. The Hall–Kier alpha value is -1.40. The van der Waals surface area contributed by atoms with Gasteiger partial charge in [-0.2, -0.15) is 5.10 Å². The van der Waals surface area contributed by atoms with Crippen molar-refractivity contribution >= 4 is 5.91 Å². The lowest BCUT2D eigenvalue weighted by molar-refractivity contribution is -0.150. The lowest BCUT2D eigenvalue weighted by atomic mass is 9.90. The van der Waals surface area contributed by atoms with Gasteiger partial charge in [-0.1, -0.05) is 12.8 Å². The van der Waals surface area contributed by atoms with Crippen molar-refractivity contribution in [3.8, 4) is 0 Å². The highest BCUT2D eigenvalue weighted by Crippen LogP contribution is 2.29. The smallest absolute Gasteiger partial charge is 0.237 e. The summed E-state index contributed by atoms with van der Waals surface area (Å²) in [4.78, 5) is 17.4. The highest BCUT2D eigenvalue weighted by atomic mass is 16.5. The Morgan fingerprint density at radius 1 is 1.28 bits per heavy atom. The first-order valence-corrected chi connectivity index (χ1v) is 9.86. The number of carbonyl (C=O) groups is 1. The summed E-state index contributed by atoms with van der Waals surface area (Å²) < 4.78 is 5.91. The van der Waals surface area contributed by atoms with Crippen LogP contribution in [0.1, 0.15) is 55.8 Å². The van der Waals surface area contributed by atoms with Gasteiger partial charge in [0.1, 0.15) is 0 Å². The number of hydrogen-bond donors (Lipinski definition) is 1. The molecule has 1 saturated carbocycles. The third-order valence-corrected chi connectivity index (χ3v) is 6.06. The van der Waals surface area contributed by atoms with E-state index in [-0.39, 0.29) is 6.10 Å². The number of likely N-dealkylation sites (tertiary alicyclic amines) is 1. The summed E-state index contributed by atoms with van der Waals surface area (Å²) in [7, 11) is 0. The molecule has 0 aromatic carbocycles. The van der Waals surface area contributed by atoms with Gasteiger partial charge in [0, 0.05) is 24.7 Å². The second kappa shape index (κ2) is 7.46. The molecule has 1 aromatic rings. The average molecular weight is 346 g/mol. The zero-order valence-corrected chi connectivity index (χ0v) is 15.2. The van der Waals surface area contributed by atoms with Gasteiger partial charge < -0.3 is 9.64 Å². The van der Waals surface area contributed by atoms with Crippen LogP contribution in [0.25, 0.3) is 0 Å². The van der Waals surface area contributed by atoms with Gasteiger partial charge in [0.05, 0.1) is 31.0 Å². The van der Waals surface area contributed by atoms with E-state index in [2.05, 4.69) is 26.1 Å². The molecule has 1 amide bonds. The summed E-state index contributed by atoms with van der Waals surface area (Å²) in [5.41, 5.74) is 2.26. The highest BCUT2D eigenvalue weighted by molar-refractivity contribution is 5.78. The number of ether oxygens (including phenoxy) is 1. The van der Waals surface area contributed by atoms with E-state index in [0.29, 0.717) is 31.0 Å². The molecule has 2 aliphatic heterocycles. The monoisotopic (exact) mass is 346 g/mol. The number of piperidine rings is 1. The Labute approximate surface area is 149 Å². The van der Waals surface area contributed by atoms with Crippen molar-refractivity contribution in [2.75, 3.05) is 32.8 Å². The molecule has 2 saturated heterocycles. The maximum absolute atomic E-state index is 13.0. The van der Waals surface area contributed by atoms with Crippen LogP contribution in [0.4, 0.5) is 0 Å². The molecule has 4 rings (SSSR count). The Bertz CT molecular complexity index is 600. The number of amides is 1. The van der Waals surface area contributed by atoms with E-state index in [1.165, 1.54) is 12.8 Å². The van der Waals surface area contributed by atoms with Crippen molar-refractivity contribution in [3.05, 3.63) is 17.5 Å². The summed E-state index contributed by atoms with van der Waals surface area (Å²) >= 11 is 0. The molecule has 3 aliphatic rings. The fraction of sp³-hybridized carbons (Fsp3) is 0.789. The van der Waals surface area contributed by atoms with Crippen LogP contribution in [0.15, 0.2) is 6.07 Å². The van der Waals surface area contributed by atoms with Crippen LogP contribution in [-0.2, 0) is 9.53 Å². The minimum absolute atomic E-state index is 0.271. The largest absolute Gasteiger partial charge is 0.374 e. The molecule has 6 nitrogen and oxygen atoms in total. The number of morpholine rings is 1. The second-order valence-electron chi connectivity index (χ2n) is 7.90. The topological polar surface area (TPSA) is 61.5 Å². The Morgan fingerprint density at radius 2 is 2.16 bits per heavy atom. The summed E-state index contributed by atoms with van der Waals surface area (Å²) in [5.74, 6) is 0.734. The Kier molecular flexibility index (Phi) is 5.08. The van der Waals surface area contributed by atoms with Gasteiger partial charge >= 0.3 is 0 Å². The van der Waals surface area contributed by atoms with Crippen LogP contribution in [0.2, 0.25) is 0 Å².